The minimum atomic E-state index is -0.200. The zero-order chi connectivity index (χ0) is 23.4. The lowest BCUT2D eigenvalue weighted by molar-refractivity contribution is 0.415. The molecule has 0 atom stereocenters. The molecule has 0 aliphatic heterocycles. The van der Waals surface area contributed by atoms with E-state index in [-0.39, 0.29) is 5.43 Å². The van der Waals surface area contributed by atoms with Crippen molar-refractivity contribution in [2.45, 2.75) is 6.92 Å². The summed E-state index contributed by atoms with van der Waals surface area (Å²) in [7, 11) is 1.63. The molecule has 0 spiro atoms. The summed E-state index contributed by atoms with van der Waals surface area (Å²) in [6, 6.07) is 22.7. The van der Waals surface area contributed by atoms with Crippen LogP contribution in [0.2, 0.25) is 5.02 Å². The van der Waals surface area contributed by atoms with E-state index < -0.39 is 0 Å². The fourth-order valence-electron chi connectivity index (χ4n) is 4.19. The van der Waals surface area contributed by atoms with Crippen LogP contribution in [0.15, 0.2) is 77.6 Å². The Balaban J connectivity index is 1.81. The van der Waals surface area contributed by atoms with Gasteiger partial charge in [-0.2, -0.15) is 5.10 Å². The third-order valence-electron chi connectivity index (χ3n) is 5.86. The maximum Gasteiger partial charge on any atom is 0.216 e. The van der Waals surface area contributed by atoms with Gasteiger partial charge in [0.25, 0.3) is 0 Å². The van der Waals surface area contributed by atoms with Gasteiger partial charge in [-0.1, -0.05) is 23.7 Å². The first-order valence-electron chi connectivity index (χ1n) is 10.7. The molecule has 6 aromatic rings. The fraction of sp³-hybridized carbons (Fsp3) is 0.0769. The van der Waals surface area contributed by atoms with Gasteiger partial charge in [0.1, 0.15) is 22.7 Å². The number of fused-ring (bicyclic) bond motifs is 5. The van der Waals surface area contributed by atoms with Gasteiger partial charge in [0, 0.05) is 10.6 Å². The van der Waals surface area contributed by atoms with Crippen LogP contribution in [0.25, 0.3) is 44.8 Å². The number of methoxy groups -OCH3 is 1. The zero-order valence-corrected chi connectivity index (χ0v) is 19.1. The standard InChI is InChI=1S/C26H18ClN5O2/c1-15-23(33)22-25-28-20-5-3-4-6-21(20)31(25)24(16-7-13-19(34-2)14-8-16)29-26(22)32(30-15)18-11-9-17(27)10-12-18/h3-14H,1-2H3. The third kappa shape index (κ3) is 3.05. The van der Waals surface area contributed by atoms with E-state index in [0.717, 1.165) is 28.0 Å². The van der Waals surface area contributed by atoms with Crippen LogP contribution in [-0.4, -0.2) is 31.3 Å². The second kappa shape index (κ2) is 7.67. The molecule has 3 aromatic heterocycles. The number of nitrogens with zero attached hydrogens (tertiary/aromatic N) is 5. The number of para-hydroxylation sites is 2. The molecule has 0 unspecified atom stereocenters. The highest BCUT2D eigenvalue weighted by Crippen LogP contribution is 2.30. The average molecular weight is 468 g/mol. The molecule has 0 bridgehead atoms. The van der Waals surface area contributed by atoms with Crippen molar-refractivity contribution in [3.05, 3.63) is 93.7 Å². The van der Waals surface area contributed by atoms with Crippen LogP contribution < -0.4 is 10.2 Å². The van der Waals surface area contributed by atoms with Crippen molar-refractivity contribution in [3.8, 4) is 22.8 Å². The van der Waals surface area contributed by atoms with E-state index in [1.54, 1.807) is 30.8 Å². The Hall–Kier alpha value is -4.23. The number of hydrogen-bond donors (Lipinski definition) is 0. The van der Waals surface area contributed by atoms with Gasteiger partial charge in [-0.25, -0.2) is 14.6 Å². The van der Waals surface area contributed by atoms with Crippen molar-refractivity contribution in [3.63, 3.8) is 0 Å². The largest absolute Gasteiger partial charge is 0.497 e. The second-order valence-corrected chi connectivity index (χ2v) is 8.36. The van der Waals surface area contributed by atoms with Gasteiger partial charge in [0.15, 0.2) is 11.3 Å². The summed E-state index contributed by atoms with van der Waals surface area (Å²) in [5.74, 6) is 1.39. The van der Waals surface area contributed by atoms with E-state index in [4.69, 9.17) is 26.3 Å². The van der Waals surface area contributed by atoms with Gasteiger partial charge in [-0.05, 0) is 67.6 Å². The van der Waals surface area contributed by atoms with Gasteiger partial charge in [0.2, 0.25) is 5.43 Å². The molecule has 0 N–H and O–H groups in total. The molecule has 0 amide bonds. The molecule has 166 valence electrons. The van der Waals surface area contributed by atoms with Crippen LogP contribution in [-0.2, 0) is 0 Å². The van der Waals surface area contributed by atoms with Crippen LogP contribution in [0, 0.1) is 6.92 Å². The second-order valence-electron chi connectivity index (χ2n) is 7.92. The summed E-state index contributed by atoms with van der Waals surface area (Å²) in [6.45, 7) is 1.70. The minimum absolute atomic E-state index is 0.200. The summed E-state index contributed by atoms with van der Waals surface area (Å²) in [5.41, 5.74) is 4.35. The Bertz CT molecular complexity index is 1770. The number of hydrogen-bond acceptors (Lipinski definition) is 5. The van der Waals surface area contributed by atoms with Gasteiger partial charge >= 0.3 is 0 Å². The van der Waals surface area contributed by atoms with Crippen molar-refractivity contribution >= 4 is 39.3 Å². The lowest BCUT2D eigenvalue weighted by Crippen LogP contribution is -2.18. The molecule has 0 aliphatic carbocycles. The minimum Gasteiger partial charge on any atom is -0.497 e. The number of ether oxygens (including phenoxy) is 1. The topological polar surface area (TPSA) is 74.3 Å². The van der Waals surface area contributed by atoms with Crippen LogP contribution in [0.3, 0.4) is 0 Å². The van der Waals surface area contributed by atoms with E-state index in [9.17, 15) is 4.79 Å². The SMILES string of the molecule is COc1ccc(-c2nc3c(c(=O)c(C)nn3-c3ccc(Cl)cc3)c3nc4ccccc4n23)cc1. The summed E-state index contributed by atoms with van der Waals surface area (Å²) >= 11 is 6.11. The van der Waals surface area contributed by atoms with Crippen molar-refractivity contribution < 1.29 is 4.74 Å². The number of aromatic nitrogens is 5. The van der Waals surface area contributed by atoms with Crippen molar-refractivity contribution in [1.29, 1.82) is 0 Å². The van der Waals surface area contributed by atoms with E-state index in [2.05, 4.69) is 5.10 Å². The Kier molecular flexibility index (Phi) is 4.60. The van der Waals surface area contributed by atoms with E-state index in [1.807, 2.05) is 65.1 Å². The smallest absolute Gasteiger partial charge is 0.216 e. The predicted molar refractivity (Wildman–Crippen MR) is 133 cm³/mol. The fourth-order valence-corrected chi connectivity index (χ4v) is 4.32. The molecule has 0 saturated carbocycles. The van der Waals surface area contributed by atoms with Crippen LogP contribution in [0.1, 0.15) is 5.69 Å². The van der Waals surface area contributed by atoms with Crippen molar-refractivity contribution in [1.82, 2.24) is 24.1 Å². The van der Waals surface area contributed by atoms with Gasteiger partial charge < -0.3 is 4.74 Å². The monoisotopic (exact) mass is 467 g/mol. The maximum absolute atomic E-state index is 13.4. The number of benzene rings is 3. The van der Waals surface area contributed by atoms with Crippen LogP contribution in [0.5, 0.6) is 5.75 Å². The average Bonchev–Trinajstić information content (AvgIpc) is 3.26. The molecule has 3 aromatic carbocycles. The number of halogens is 1. The van der Waals surface area contributed by atoms with Crippen LogP contribution >= 0.6 is 11.6 Å². The van der Waals surface area contributed by atoms with Gasteiger partial charge in [0.05, 0.1) is 23.8 Å². The molecule has 7 nitrogen and oxygen atoms in total. The molecule has 34 heavy (non-hydrogen) atoms. The lowest BCUT2D eigenvalue weighted by Gasteiger charge is -2.14. The Morgan fingerprint density at radius 2 is 1.62 bits per heavy atom. The first-order chi connectivity index (χ1) is 16.5. The molecular weight excluding hydrogens is 450 g/mol. The number of aryl methyl sites for hydroxylation is 1. The molecule has 0 saturated heterocycles. The summed E-state index contributed by atoms with van der Waals surface area (Å²) < 4.78 is 8.94. The Labute approximate surface area is 198 Å². The predicted octanol–water partition coefficient (Wildman–Crippen LogP) is 5.22. The molecule has 0 aliphatic rings. The normalized spacial score (nSPS) is 11.5. The van der Waals surface area contributed by atoms with E-state index in [0.29, 0.717) is 33.2 Å². The maximum atomic E-state index is 13.4. The number of imidazole rings is 1. The van der Waals surface area contributed by atoms with Gasteiger partial charge in [-0.3, -0.25) is 9.20 Å². The van der Waals surface area contributed by atoms with Crippen LogP contribution in [0.4, 0.5) is 0 Å². The molecule has 0 radical (unpaired) electrons. The summed E-state index contributed by atoms with van der Waals surface area (Å²) in [5, 5.41) is 5.59. The van der Waals surface area contributed by atoms with Crippen molar-refractivity contribution in [2.75, 3.05) is 7.11 Å². The summed E-state index contributed by atoms with van der Waals surface area (Å²) in [4.78, 5) is 23.2. The van der Waals surface area contributed by atoms with Crippen molar-refractivity contribution in [2.24, 2.45) is 0 Å². The highest BCUT2D eigenvalue weighted by atomic mass is 35.5. The Morgan fingerprint density at radius 1 is 0.882 bits per heavy atom. The quantitative estimate of drug-likeness (QED) is 0.357. The number of rotatable bonds is 3. The molecule has 0 fully saturated rings. The zero-order valence-electron chi connectivity index (χ0n) is 18.4. The Morgan fingerprint density at radius 3 is 2.35 bits per heavy atom. The first-order valence-corrected chi connectivity index (χ1v) is 11.0. The first kappa shape index (κ1) is 20.4. The van der Waals surface area contributed by atoms with E-state index >= 15 is 0 Å². The molecule has 8 heteroatoms. The molecular formula is C26H18ClN5O2. The highest BCUT2D eigenvalue weighted by molar-refractivity contribution is 6.30. The summed E-state index contributed by atoms with van der Waals surface area (Å²) in [6.07, 6.45) is 0. The third-order valence-corrected chi connectivity index (χ3v) is 6.11. The van der Waals surface area contributed by atoms with E-state index in [1.165, 1.54) is 0 Å². The van der Waals surface area contributed by atoms with Gasteiger partial charge in [-0.15, -0.1) is 0 Å². The molecule has 6 rings (SSSR count). The highest BCUT2D eigenvalue weighted by Gasteiger charge is 2.21. The lowest BCUT2D eigenvalue weighted by atomic mass is 10.2. The molecule has 3 heterocycles.